The first-order valence-corrected chi connectivity index (χ1v) is 8.96. The quantitative estimate of drug-likeness (QED) is 0.657. The third-order valence-electron chi connectivity index (χ3n) is 3.94. The molecule has 0 saturated heterocycles. The van der Waals surface area contributed by atoms with Crippen LogP contribution in [0.4, 0.5) is 5.82 Å². The van der Waals surface area contributed by atoms with Crippen LogP contribution in [-0.4, -0.2) is 24.1 Å². The fourth-order valence-electron chi connectivity index (χ4n) is 2.48. The number of methoxy groups -OCH3 is 1. The van der Waals surface area contributed by atoms with Gasteiger partial charge in [-0.3, -0.25) is 0 Å². The summed E-state index contributed by atoms with van der Waals surface area (Å²) < 4.78 is 5.30. The van der Waals surface area contributed by atoms with Gasteiger partial charge in [-0.1, -0.05) is 11.6 Å². The highest BCUT2D eigenvalue weighted by Crippen LogP contribution is 2.26. The Morgan fingerprint density at radius 3 is 2.88 bits per heavy atom. The molecule has 0 saturated carbocycles. The van der Waals surface area contributed by atoms with Crippen LogP contribution in [0.5, 0.6) is 0 Å². The van der Waals surface area contributed by atoms with Crippen LogP contribution in [0.3, 0.4) is 0 Å². The Bertz CT molecular complexity index is 950. The average molecular weight is 373 g/mol. The van der Waals surface area contributed by atoms with Crippen LogP contribution in [0.15, 0.2) is 29.6 Å². The molecule has 0 radical (unpaired) electrons. The molecular formula is C18H17ClN4OS. The number of pyridine rings is 1. The third-order valence-corrected chi connectivity index (χ3v) is 5.23. The normalized spacial score (nSPS) is 12.1. The molecular weight excluding hydrogens is 356 g/mol. The van der Waals surface area contributed by atoms with Gasteiger partial charge in [-0.15, -0.1) is 11.3 Å². The maximum Gasteiger partial charge on any atom is 0.130 e. The van der Waals surface area contributed by atoms with Crippen molar-refractivity contribution in [1.29, 1.82) is 5.26 Å². The van der Waals surface area contributed by atoms with Gasteiger partial charge in [0.25, 0.3) is 0 Å². The number of fused-ring (bicyclic) bond motifs is 1. The van der Waals surface area contributed by atoms with Crippen LogP contribution in [0.2, 0.25) is 5.02 Å². The Morgan fingerprint density at radius 2 is 2.16 bits per heavy atom. The highest BCUT2D eigenvalue weighted by Gasteiger charge is 2.13. The van der Waals surface area contributed by atoms with Gasteiger partial charge in [-0.2, -0.15) is 5.26 Å². The minimum Gasteiger partial charge on any atom is -0.375 e. The largest absolute Gasteiger partial charge is 0.375 e. The van der Waals surface area contributed by atoms with Crippen molar-refractivity contribution in [3.8, 4) is 6.07 Å². The van der Waals surface area contributed by atoms with E-state index in [4.69, 9.17) is 16.3 Å². The lowest BCUT2D eigenvalue weighted by Gasteiger charge is -2.18. The van der Waals surface area contributed by atoms with Crippen molar-refractivity contribution in [3.05, 3.63) is 50.9 Å². The van der Waals surface area contributed by atoms with Crippen LogP contribution in [0.25, 0.3) is 10.9 Å². The molecule has 3 rings (SSSR count). The van der Waals surface area contributed by atoms with E-state index in [1.165, 1.54) is 0 Å². The first-order valence-electron chi connectivity index (χ1n) is 7.70. The number of nitriles is 1. The zero-order chi connectivity index (χ0) is 18.0. The summed E-state index contributed by atoms with van der Waals surface area (Å²) >= 11 is 7.61. The van der Waals surface area contributed by atoms with Gasteiger partial charge < -0.3 is 9.64 Å². The molecule has 1 atom stereocenters. The molecule has 2 heterocycles. The molecule has 0 aliphatic heterocycles. The summed E-state index contributed by atoms with van der Waals surface area (Å²) in [6, 6.07) is 9.39. The van der Waals surface area contributed by atoms with Gasteiger partial charge in [0.2, 0.25) is 0 Å². The SMILES string of the molecule is COC(C)c1nc(CN(C)c2cc(C#N)c3cc(Cl)ccc3n2)cs1. The molecule has 0 N–H and O–H groups in total. The van der Waals surface area contributed by atoms with Gasteiger partial charge in [0, 0.05) is 29.9 Å². The summed E-state index contributed by atoms with van der Waals surface area (Å²) in [6.45, 7) is 2.57. The predicted octanol–water partition coefficient (Wildman–Crippen LogP) is 4.56. The van der Waals surface area contributed by atoms with Crippen LogP contribution in [0, 0.1) is 11.3 Å². The summed E-state index contributed by atoms with van der Waals surface area (Å²) in [6.07, 6.45) is -0.0159. The zero-order valence-electron chi connectivity index (χ0n) is 14.2. The number of nitrogens with zero attached hydrogens (tertiary/aromatic N) is 4. The Balaban J connectivity index is 1.89. The molecule has 1 unspecified atom stereocenters. The fraction of sp³-hybridized carbons (Fsp3) is 0.278. The van der Waals surface area contributed by atoms with Crippen LogP contribution < -0.4 is 4.90 Å². The fourth-order valence-corrected chi connectivity index (χ4v) is 3.49. The molecule has 0 fully saturated rings. The highest BCUT2D eigenvalue weighted by atomic mass is 35.5. The second kappa shape index (κ2) is 7.36. The summed E-state index contributed by atoms with van der Waals surface area (Å²) in [7, 11) is 3.61. The standard InChI is InChI=1S/C18H17ClN4OS/c1-11(24-3)18-21-14(10-25-18)9-23(2)17-6-12(8-20)15-7-13(19)4-5-16(15)22-17/h4-7,10-11H,9H2,1-3H3. The van der Waals surface area contributed by atoms with E-state index in [9.17, 15) is 5.26 Å². The lowest BCUT2D eigenvalue weighted by molar-refractivity contribution is 0.119. The van der Waals surface area contributed by atoms with Crippen molar-refractivity contribution in [3.63, 3.8) is 0 Å². The topological polar surface area (TPSA) is 62.0 Å². The Morgan fingerprint density at radius 1 is 1.36 bits per heavy atom. The predicted molar refractivity (Wildman–Crippen MR) is 101 cm³/mol. The van der Waals surface area contributed by atoms with E-state index in [1.54, 1.807) is 36.6 Å². The summed E-state index contributed by atoms with van der Waals surface area (Å²) in [5.41, 5.74) is 2.25. The maximum atomic E-state index is 9.45. The van der Waals surface area contributed by atoms with E-state index in [-0.39, 0.29) is 6.10 Å². The molecule has 1 aromatic carbocycles. The zero-order valence-corrected chi connectivity index (χ0v) is 15.7. The van der Waals surface area contributed by atoms with Crippen molar-refractivity contribution in [1.82, 2.24) is 9.97 Å². The van der Waals surface area contributed by atoms with Gasteiger partial charge in [-0.25, -0.2) is 9.97 Å². The van der Waals surface area contributed by atoms with Gasteiger partial charge in [0.1, 0.15) is 16.9 Å². The van der Waals surface area contributed by atoms with Crippen LogP contribution >= 0.6 is 22.9 Å². The van der Waals surface area contributed by atoms with Crippen molar-refractivity contribution >= 4 is 39.7 Å². The summed E-state index contributed by atoms with van der Waals surface area (Å²) in [5.74, 6) is 0.723. The van der Waals surface area contributed by atoms with Gasteiger partial charge >= 0.3 is 0 Å². The Kier molecular flexibility index (Phi) is 5.19. The molecule has 0 aliphatic carbocycles. The van der Waals surface area contributed by atoms with Crippen molar-refractivity contribution < 1.29 is 4.74 Å². The third kappa shape index (κ3) is 3.74. The number of ether oxygens (including phenoxy) is 1. The number of rotatable bonds is 5. The Hall–Kier alpha value is -2.20. The second-order valence-electron chi connectivity index (χ2n) is 5.71. The molecule has 3 aromatic rings. The van der Waals surface area contributed by atoms with Crippen molar-refractivity contribution in [2.24, 2.45) is 0 Å². The molecule has 0 bridgehead atoms. The number of anilines is 1. The summed E-state index contributed by atoms with van der Waals surface area (Å²) in [5, 5.41) is 13.8. The molecule has 0 aliphatic rings. The van der Waals surface area contributed by atoms with E-state index in [0.29, 0.717) is 17.1 Å². The van der Waals surface area contributed by atoms with E-state index in [2.05, 4.69) is 16.0 Å². The van der Waals surface area contributed by atoms with Crippen LogP contribution in [0.1, 0.15) is 29.3 Å². The minimum absolute atomic E-state index is 0.0159. The molecule has 7 heteroatoms. The van der Waals surface area contributed by atoms with Crippen LogP contribution in [-0.2, 0) is 11.3 Å². The van der Waals surface area contributed by atoms with Gasteiger partial charge in [0.15, 0.2) is 0 Å². The number of halogens is 1. The minimum atomic E-state index is -0.0159. The number of thiazole rings is 1. The van der Waals surface area contributed by atoms with Crippen molar-refractivity contribution in [2.45, 2.75) is 19.6 Å². The summed E-state index contributed by atoms with van der Waals surface area (Å²) in [4.78, 5) is 11.2. The molecule has 2 aromatic heterocycles. The highest BCUT2D eigenvalue weighted by molar-refractivity contribution is 7.09. The van der Waals surface area contributed by atoms with E-state index < -0.39 is 0 Å². The first-order chi connectivity index (χ1) is 12.0. The maximum absolute atomic E-state index is 9.45. The van der Waals surface area contributed by atoms with Gasteiger partial charge in [0.05, 0.1) is 29.4 Å². The number of hydrogen-bond acceptors (Lipinski definition) is 6. The number of benzene rings is 1. The average Bonchev–Trinajstić information content (AvgIpc) is 3.08. The lowest BCUT2D eigenvalue weighted by atomic mass is 10.1. The van der Waals surface area contributed by atoms with Crippen molar-refractivity contribution in [2.75, 3.05) is 19.1 Å². The number of aromatic nitrogens is 2. The van der Waals surface area contributed by atoms with E-state index in [0.717, 1.165) is 27.4 Å². The Labute approximate surface area is 155 Å². The van der Waals surface area contributed by atoms with E-state index >= 15 is 0 Å². The molecule has 0 amide bonds. The monoisotopic (exact) mass is 372 g/mol. The van der Waals surface area contributed by atoms with E-state index in [1.807, 2.05) is 30.3 Å². The molecule has 5 nitrogen and oxygen atoms in total. The lowest BCUT2D eigenvalue weighted by Crippen LogP contribution is -2.18. The smallest absolute Gasteiger partial charge is 0.130 e. The molecule has 25 heavy (non-hydrogen) atoms. The molecule has 0 spiro atoms. The van der Waals surface area contributed by atoms with Gasteiger partial charge in [-0.05, 0) is 31.2 Å². The molecule has 128 valence electrons. The second-order valence-corrected chi connectivity index (χ2v) is 7.04. The number of hydrogen-bond donors (Lipinski definition) is 0. The first kappa shape index (κ1) is 17.6.